The molecular weight excluding hydrogens is 238 g/mol. The largest absolute Gasteiger partial charge is 0.494 e. The quantitative estimate of drug-likeness (QED) is 0.830. The number of ether oxygens (including phenoxy) is 1. The summed E-state index contributed by atoms with van der Waals surface area (Å²) in [4.78, 5) is 4.39. The number of nitrogens with one attached hydrogen (secondary N) is 1. The lowest BCUT2D eigenvalue weighted by molar-refractivity contribution is 0.418. The van der Waals surface area contributed by atoms with Crippen LogP contribution in [-0.2, 0) is 6.42 Å². The molecule has 0 fully saturated rings. The Balaban J connectivity index is 2.38. The highest BCUT2D eigenvalue weighted by atomic mass is 35.5. The van der Waals surface area contributed by atoms with Crippen molar-refractivity contribution >= 4 is 17.1 Å². The highest BCUT2D eigenvalue weighted by molar-refractivity contribution is 6.33. The van der Waals surface area contributed by atoms with Crippen LogP contribution in [0.2, 0.25) is 5.15 Å². The predicted octanol–water partition coefficient (Wildman–Crippen LogP) is 2.15. The summed E-state index contributed by atoms with van der Waals surface area (Å²) in [6.07, 6.45) is 3.89. The van der Waals surface area contributed by atoms with Crippen LogP contribution >= 0.6 is 11.6 Å². The maximum absolute atomic E-state index is 6.15. The monoisotopic (exact) mass is 253 g/mol. The summed E-state index contributed by atoms with van der Waals surface area (Å²) in [7, 11) is 3.58. The summed E-state index contributed by atoms with van der Waals surface area (Å²) >= 11 is 6.15. The van der Waals surface area contributed by atoms with Gasteiger partial charge in [0, 0.05) is 12.6 Å². The van der Waals surface area contributed by atoms with E-state index >= 15 is 0 Å². The minimum Gasteiger partial charge on any atom is -0.494 e. The highest BCUT2D eigenvalue weighted by Crippen LogP contribution is 2.27. The Hall–Kier alpha value is -1.26. The third-order valence-corrected chi connectivity index (χ3v) is 2.97. The molecule has 0 aliphatic rings. The van der Waals surface area contributed by atoms with Gasteiger partial charge in [-0.2, -0.15) is 0 Å². The molecule has 0 saturated carbocycles. The summed E-state index contributed by atoms with van der Waals surface area (Å²) in [5.74, 6) is 1.73. The van der Waals surface area contributed by atoms with Crippen molar-refractivity contribution in [2.75, 3.05) is 20.7 Å². The SMILES string of the molecule is CNCCCc1nc(Cl)c2c(OC)cccn12. The van der Waals surface area contributed by atoms with Crippen molar-refractivity contribution in [3.63, 3.8) is 0 Å². The van der Waals surface area contributed by atoms with Gasteiger partial charge in [-0.1, -0.05) is 11.6 Å². The van der Waals surface area contributed by atoms with E-state index in [2.05, 4.69) is 10.3 Å². The number of hydrogen-bond donors (Lipinski definition) is 1. The molecule has 92 valence electrons. The Morgan fingerprint density at radius 2 is 2.35 bits per heavy atom. The lowest BCUT2D eigenvalue weighted by Crippen LogP contribution is -2.09. The molecule has 0 saturated heterocycles. The molecule has 0 aliphatic carbocycles. The van der Waals surface area contributed by atoms with Gasteiger partial charge in [0.2, 0.25) is 0 Å². The summed E-state index contributed by atoms with van der Waals surface area (Å²) in [5, 5.41) is 3.62. The van der Waals surface area contributed by atoms with Crippen molar-refractivity contribution in [1.29, 1.82) is 0 Å². The van der Waals surface area contributed by atoms with Gasteiger partial charge in [-0.15, -0.1) is 0 Å². The van der Waals surface area contributed by atoms with E-state index in [1.807, 2.05) is 29.8 Å². The molecule has 0 radical (unpaired) electrons. The van der Waals surface area contributed by atoms with Crippen LogP contribution < -0.4 is 10.1 Å². The fourth-order valence-electron chi connectivity index (χ4n) is 1.89. The van der Waals surface area contributed by atoms with E-state index in [9.17, 15) is 0 Å². The molecule has 0 spiro atoms. The van der Waals surface area contributed by atoms with Crippen LogP contribution in [0.25, 0.3) is 5.52 Å². The van der Waals surface area contributed by atoms with Crippen molar-refractivity contribution in [1.82, 2.24) is 14.7 Å². The molecule has 4 nitrogen and oxygen atoms in total. The third kappa shape index (κ3) is 2.37. The van der Waals surface area contributed by atoms with Gasteiger partial charge in [0.05, 0.1) is 7.11 Å². The number of nitrogens with zero attached hydrogens (tertiary/aromatic N) is 2. The number of imidazole rings is 1. The van der Waals surface area contributed by atoms with Crippen LogP contribution in [0.1, 0.15) is 12.2 Å². The van der Waals surface area contributed by atoms with E-state index < -0.39 is 0 Å². The van der Waals surface area contributed by atoms with Crippen LogP contribution in [0, 0.1) is 0 Å². The molecule has 0 aliphatic heterocycles. The van der Waals surface area contributed by atoms with Gasteiger partial charge in [0.1, 0.15) is 17.1 Å². The average Bonchev–Trinajstić information content (AvgIpc) is 2.67. The van der Waals surface area contributed by atoms with Gasteiger partial charge in [0.25, 0.3) is 0 Å². The standard InChI is InChI=1S/C12H16ClN3O/c1-14-7-3-6-10-15-12(13)11-9(17-2)5-4-8-16(10)11/h4-5,8,14H,3,6-7H2,1-2H3. The fourth-order valence-corrected chi connectivity index (χ4v) is 2.17. The average molecular weight is 254 g/mol. The zero-order valence-corrected chi connectivity index (χ0v) is 10.8. The second-order valence-electron chi connectivity index (χ2n) is 3.82. The van der Waals surface area contributed by atoms with Crippen molar-refractivity contribution < 1.29 is 4.74 Å². The van der Waals surface area contributed by atoms with Crippen LogP contribution in [0.15, 0.2) is 18.3 Å². The maximum atomic E-state index is 6.15. The molecule has 5 heteroatoms. The topological polar surface area (TPSA) is 38.6 Å². The number of hydrogen-bond acceptors (Lipinski definition) is 3. The first-order chi connectivity index (χ1) is 8.27. The molecule has 0 amide bonds. The molecule has 17 heavy (non-hydrogen) atoms. The lowest BCUT2D eigenvalue weighted by Gasteiger charge is -2.04. The number of pyridine rings is 1. The van der Waals surface area contributed by atoms with E-state index in [1.54, 1.807) is 7.11 Å². The van der Waals surface area contributed by atoms with E-state index in [-0.39, 0.29) is 0 Å². The zero-order valence-electron chi connectivity index (χ0n) is 10.0. The first-order valence-corrected chi connectivity index (χ1v) is 5.99. The Morgan fingerprint density at radius 1 is 1.53 bits per heavy atom. The molecule has 2 heterocycles. The maximum Gasteiger partial charge on any atom is 0.158 e. The second kappa shape index (κ2) is 5.38. The molecule has 0 unspecified atom stereocenters. The summed E-state index contributed by atoms with van der Waals surface area (Å²) < 4.78 is 7.29. The van der Waals surface area contributed by atoms with Gasteiger partial charge in [-0.3, -0.25) is 4.40 Å². The Bertz CT molecular complexity index is 510. The van der Waals surface area contributed by atoms with Crippen LogP contribution in [-0.4, -0.2) is 30.1 Å². The summed E-state index contributed by atoms with van der Waals surface area (Å²) in [6.45, 7) is 0.969. The Morgan fingerprint density at radius 3 is 3.06 bits per heavy atom. The molecule has 0 bridgehead atoms. The van der Waals surface area contributed by atoms with Crippen molar-refractivity contribution in [2.45, 2.75) is 12.8 Å². The number of aromatic nitrogens is 2. The van der Waals surface area contributed by atoms with Gasteiger partial charge >= 0.3 is 0 Å². The van der Waals surface area contributed by atoms with E-state index in [0.717, 1.165) is 36.5 Å². The predicted molar refractivity (Wildman–Crippen MR) is 69.0 cm³/mol. The molecule has 0 aromatic carbocycles. The second-order valence-corrected chi connectivity index (χ2v) is 4.18. The Kier molecular flexibility index (Phi) is 3.86. The number of fused-ring (bicyclic) bond motifs is 1. The minimum absolute atomic E-state index is 0.502. The summed E-state index contributed by atoms with van der Waals surface area (Å²) in [5.41, 5.74) is 0.844. The molecule has 2 aromatic heterocycles. The normalized spacial score (nSPS) is 11.0. The first kappa shape index (κ1) is 12.2. The van der Waals surface area contributed by atoms with E-state index in [4.69, 9.17) is 16.3 Å². The van der Waals surface area contributed by atoms with Crippen molar-refractivity contribution in [3.8, 4) is 5.75 Å². The van der Waals surface area contributed by atoms with Gasteiger partial charge in [0.15, 0.2) is 5.15 Å². The van der Waals surface area contributed by atoms with Crippen molar-refractivity contribution in [3.05, 3.63) is 29.3 Å². The van der Waals surface area contributed by atoms with Crippen molar-refractivity contribution in [2.24, 2.45) is 0 Å². The fraction of sp³-hybridized carbons (Fsp3) is 0.417. The van der Waals surface area contributed by atoms with Gasteiger partial charge < -0.3 is 10.1 Å². The highest BCUT2D eigenvalue weighted by Gasteiger charge is 2.12. The van der Waals surface area contributed by atoms with E-state index in [1.165, 1.54) is 0 Å². The Labute approximate surface area is 106 Å². The molecule has 2 aromatic rings. The van der Waals surface area contributed by atoms with Crippen LogP contribution in [0.4, 0.5) is 0 Å². The van der Waals surface area contributed by atoms with Gasteiger partial charge in [-0.05, 0) is 32.1 Å². The summed E-state index contributed by atoms with van der Waals surface area (Å²) in [6, 6.07) is 3.83. The van der Waals surface area contributed by atoms with Gasteiger partial charge in [-0.25, -0.2) is 4.98 Å². The first-order valence-electron chi connectivity index (χ1n) is 5.62. The minimum atomic E-state index is 0.502. The third-order valence-electron chi connectivity index (χ3n) is 2.70. The smallest absolute Gasteiger partial charge is 0.158 e. The number of methoxy groups -OCH3 is 1. The lowest BCUT2D eigenvalue weighted by atomic mass is 10.3. The van der Waals surface area contributed by atoms with E-state index in [0.29, 0.717) is 5.15 Å². The number of aryl methyl sites for hydroxylation is 1. The number of rotatable bonds is 5. The molecule has 2 rings (SSSR count). The molecule has 0 atom stereocenters. The van der Waals surface area contributed by atoms with Crippen LogP contribution in [0.3, 0.4) is 0 Å². The zero-order chi connectivity index (χ0) is 12.3. The molecule has 1 N–H and O–H groups in total. The number of halogens is 1. The molecular formula is C12H16ClN3O. The van der Waals surface area contributed by atoms with Crippen LogP contribution in [0.5, 0.6) is 5.75 Å².